The van der Waals surface area contributed by atoms with Crippen LogP contribution in [0, 0.1) is 0 Å². The average molecular weight is 357 g/mol. The van der Waals surface area contributed by atoms with E-state index in [9.17, 15) is 4.79 Å². The van der Waals surface area contributed by atoms with Gasteiger partial charge in [-0.05, 0) is 37.1 Å². The zero-order chi connectivity index (χ0) is 18.7. The van der Waals surface area contributed by atoms with E-state index in [1.165, 1.54) is 0 Å². The molecule has 0 unspecified atom stereocenters. The van der Waals surface area contributed by atoms with Crippen LogP contribution in [0.15, 0.2) is 34.9 Å². The summed E-state index contributed by atoms with van der Waals surface area (Å²) in [6.45, 7) is 7.73. The number of hydrogen-bond donors (Lipinski definition) is 1. The standard InChI is InChI=1S/C20H27N3O3/c1-20(2,3)17-13-21-18(26-17)14-9-11-23(12-10-14)19(24)22-15-5-7-16(25-4)8-6-15/h5-8,13-14H,9-12H2,1-4H3,(H,22,24). The van der Waals surface area contributed by atoms with Crippen LogP contribution in [0.1, 0.15) is 51.2 Å². The highest BCUT2D eigenvalue weighted by Gasteiger charge is 2.28. The predicted molar refractivity (Wildman–Crippen MR) is 101 cm³/mol. The zero-order valence-corrected chi connectivity index (χ0v) is 15.9. The second-order valence-corrected chi connectivity index (χ2v) is 7.73. The van der Waals surface area contributed by atoms with Crippen molar-refractivity contribution in [3.8, 4) is 5.75 Å². The van der Waals surface area contributed by atoms with E-state index in [1.54, 1.807) is 7.11 Å². The molecule has 6 heteroatoms. The van der Waals surface area contributed by atoms with Crippen LogP contribution in [0.25, 0.3) is 0 Å². The van der Waals surface area contributed by atoms with E-state index < -0.39 is 0 Å². The first kappa shape index (κ1) is 18.3. The molecule has 140 valence electrons. The van der Waals surface area contributed by atoms with Crippen molar-refractivity contribution in [2.24, 2.45) is 0 Å². The van der Waals surface area contributed by atoms with Gasteiger partial charge in [-0.2, -0.15) is 0 Å². The van der Waals surface area contributed by atoms with Gasteiger partial charge in [-0.15, -0.1) is 0 Å². The van der Waals surface area contributed by atoms with Crippen molar-refractivity contribution >= 4 is 11.7 Å². The molecule has 1 aliphatic rings. The highest BCUT2D eigenvalue weighted by Crippen LogP contribution is 2.31. The number of likely N-dealkylation sites (tertiary alicyclic amines) is 1. The summed E-state index contributed by atoms with van der Waals surface area (Å²) in [5, 5.41) is 2.93. The Morgan fingerprint density at radius 1 is 1.23 bits per heavy atom. The van der Waals surface area contributed by atoms with E-state index >= 15 is 0 Å². The quantitative estimate of drug-likeness (QED) is 0.884. The van der Waals surface area contributed by atoms with Gasteiger partial charge in [-0.3, -0.25) is 0 Å². The van der Waals surface area contributed by atoms with Crippen LogP contribution in [0.3, 0.4) is 0 Å². The Morgan fingerprint density at radius 3 is 2.42 bits per heavy atom. The fraction of sp³-hybridized carbons (Fsp3) is 0.500. The van der Waals surface area contributed by atoms with Crippen molar-refractivity contribution in [1.82, 2.24) is 9.88 Å². The number of rotatable bonds is 3. The van der Waals surface area contributed by atoms with Crippen molar-refractivity contribution in [1.29, 1.82) is 0 Å². The highest BCUT2D eigenvalue weighted by molar-refractivity contribution is 5.89. The van der Waals surface area contributed by atoms with E-state index in [4.69, 9.17) is 9.15 Å². The summed E-state index contributed by atoms with van der Waals surface area (Å²) in [5.74, 6) is 2.75. The Balaban J connectivity index is 1.54. The number of carbonyl (C=O) groups excluding carboxylic acids is 1. The fourth-order valence-corrected chi connectivity index (χ4v) is 3.03. The lowest BCUT2D eigenvalue weighted by Gasteiger charge is -2.30. The largest absolute Gasteiger partial charge is 0.497 e. The number of nitrogens with zero attached hydrogens (tertiary/aromatic N) is 2. The number of nitrogens with one attached hydrogen (secondary N) is 1. The summed E-state index contributed by atoms with van der Waals surface area (Å²) in [6, 6.07) is 7.26. The maximum atomic E-state index is 12.4. The van der Waals surface area contributed by atoms with Crippen molar-refractivity contribution in [3.63, 3.8) is 0 Å². The maximum Gasteiger partial charge on any atom is 0.321 e. The molecule has 3 rings (SSSR count). The van der Waals surface area contributed by atoms with E-state index in [0.29, 0.717) is 13.1 Å². The van der Waals surface area contributed by atoms with Gasteiger partial charge < -0.3 is 19.4 Å². The molecule has 1 fully saturated rings. The van der Waals surface area contributed by atoms with Gasteiger partial charge in [-0.25, -0.2) is 9.78 Å². The van der Waals surface area contributed by atoms with Crippen LogP contribution in [0.5, 0.6) is 5.75 Å². The molecule has 26 heavy (non-hydrogen) atoms. The first-order chi connectivity index (χ1) is 12.4. The first-order valence-electron chi connectivity index (χ1n) is 9.03. The molecular weight excluding hydrogens is 330 g/mol. The lowest BCUT2D eigenvalue weighted by molar-refractivity contribution is 0.189. The maximum absolute atomic E-state index is 12.4. The fourth-order valence-electron chi connectivity index (χ4n) is 3.03. The van der Waals surface area contributed by atoms with Crippen molar-refractivity contribution in [2.75, 3.05) is 25.5 Å². The Morgan fingerprint density at radius 2 is 1.88 bits per heavy atom. The van der Waals surface area contributed by atoms with Gasteiger partial charge in [0.15, 0.2) is 5.89 Å². The van der Waals surface area contributed by atoms with Gasteiger partial charge in [0, 0.05) is 30.1 Å². The third-order valence-electron chi connectivity index (χ3n) is 4.74. The Labute approximate surface area is 154 Å². The molecular formula is C20H27N3O3. The Kier molecular flexibility index (Phi) is 5.20. The first-order valence-corrected chi connectivity index (χ1v) is 9.03. The van der Waals surface area contributed by atoms with E-state index in [2.05, 4.69) is 31.1 Å². The predicted octanol–water partition coefficient (Wildman–Crippen LogP) is 4.39. The molecule has 0 spiro atoms. The topological polar surface area (TPSA) is 67.6 Å². The van der Waals surface area contributed by atoms with Gasteiger partial charge in [0.2, 0.25) is 0 Å². The van der Waals surface area contributed by atoms with Gasteiger partial charge in [-0.1, -0.05) is 20.8 Å². The number of methoxy groups -OCH3 is 1. The SMILES string of the molecule is COc1ccc(NC(=O)N2CCC(c3ncc(C(C)(C)C)o3)CC2)cc1. The molecule has 1 aromatic heterocycles. The molecule has 0 radical (unpaired) electrons. The van der Waals surface area contributed by atoms with Gasteiger partial charge in [0.05, 0.1) is 13.3 Å². The molecule has 2 amide bonds. The minimum absolute atomic E-state index is 0.0375. The van der Waals surface area contributed by atoms with E-state index in [0.717, 1.165) is 35.9 Å². The molecule has 1 aromatic carbocycles. The molecule has 0 bridgehead atoms. The van der Waals surface area contributed by atoms with Crippen LogP contribution in [0.2, 0.25) is 0 Å². The second-order valence-electron chi connectivity index (χ2n) is 7.73. The smallest absolute Gasteiger partial charge is 0.321 e. The third kappa shape index (κ3) is 4.18. The number of oxazole rings is 1. The summed E-state index contributed by atoms with van der Waals surface area (Å²) < 4.78 is 11.1. The molecule has 0 saturated carbocycles. The van der Waals surface area contributed by atoms with Crippen LogP contribution in [-0.4, -0.2) is 36.1 Å². The molecule has 2 heterocycles. The number of anilines is 1. The average Bonchev–Trinajstić information content (AvgIpc) is 3.13. The molecule has 1 N–H and O–H groups in total. The Bertz CT molecular complexity index is 738. The lowest BCUT2D eigenvalue weighted by atomic mass is 9.94. The number of ether oxygens (including phenoxy) is 1. The third-order valence-corrected chi connectivity index (χ3v) is 4.74. The monoisotopic (exact) mass is 357 g/mol. The number of amides is 2. The minimum Gasteiger partial charge on any atom is -0.497 e. The van der Waals surface area contributed by atoms with Crippen molar-refractivity contribution < 1.29 is 13.9 Å². The number of urea groups is 1. The summed E-state index contributed by atoms with van der Waals surface area (Å²) in [7, 11) is 1.62. The number of aromatic nitrogens is 1. The summed E-state index contributed by atoms with van der Waals surface area (Å²) in [5.41, 5.74) is 0.727. The second kappa shape index (κ2) is 7.40. The number of piperidine rings is 1. The van der Waals surface area contributed by atoms with Gasteiger partial charge >= 0.3 is 6.03 Å². The van der Waals surface area contributed by atoms with Crippen LogP contribution >= 0.6 is 0 Å². The van der Waals surface area contributed by atoms with Gasteiger partial charge in [0.25, 0.3) is 0 Å². The summed E-state index contributed by atoms with van der Waals surface area (Å²) in [4.78, 5) is 18.7. The van der Waals surface area contributed by atoms with Crippen LogP contribution < -0.4 is 10.1 Å². The minimum atomic E-state index is -0.0728. The van der Waals surface area contributed by atoms with E-state index in [1.807, 2.05) is 35.4 Å². The van der Waals surface area contributed by atoms with Gasteiger partial charge in [0.1, 0.15) is 11.5 Å². The number of benzene rings is 1. The Hall–Kier alpha value is -2.50. The highest BCUT2D eigenvalue weighted by atomic mass is 16.5. The zero-order valence-electron chi connectivity index (χ0n) is 15.9. The molecule has 6 nitrogen and oxygen atoms in total. The molecule has 0 atom stereocenters. The van der Waals surface area contributed by atoms with Crippen molar-refractivity contribution in [3.05, 3.63) is 42.1 Å². The number of carbonyl (C=O) groups is 1. The molecule has 2 aromatic rings. The normalized spacial score (nSPS) is 15.8. The summed E-state index contributed by atoms with van der Waals surface area (Å²) in [6.07, 6.45) is 3.55. The van der Waals surface area contributed by atoms with E-state index in [-0.39, 0.29) is 17.4 Å². The van der Waals surface area contributed by atoms with Crippen LogP contribution in [0.4, 0.5) is 10.5 Å². The number of hydrogen-bond acceptors (Lipinski definition) is 4. The van der Waals surface area contributed by atoms with Crippen LogP contribution in [-0.2, 0) is 5.41 Å². The molecule has 1 saturated heterocycles. The lowest BCUT2D eigenvalue weighted by Crippen LogP contribution is -2.40. The van der Waals surface area contributed by atoms with Crippen molar-refractivity contribution in [2.45, 2.75) is 44.9 Å². The molecule has 0 aliphatic carbocycles. The molecule has 1 aliphatic heterocycles. The summed E-state index contributed by atoms with van der Waals surface area (Å²) >= 11 is 0.